The van der Waals surface area contributed by atoms with E-state index in [1.165, 1.54) is 15.9 Å². The third-order valence-corrected chi connectivity index (χ3v) is 5.80. The van der Waals surface area contributed by atoms with Crippen LogP contribution in [0.15, 0.2) is 44.3 Å². The van der Waals surface area contributed by atoms with E-state index < -0.39 is 17.0 Å². The van der Waals surface area contributed by atoms with Crippen molar-refractivity contribution in [1.29, 1.82) is 0 Å². The molecule has 0 aliphatic carbocycles. The number of nitrogens with two attached hydrogens (primary N) is 1. The largest absolute Gasteiger partial charge is 0.384 e. The Hall–Kier alpha value is -2.92. The van der Waals surface area contributed by atoms with Gasteiger partial charge in [-0.25, -0.2) is 4.79 Å². The van der Waals surface area contributed by atoms with Crippen LogP contribution in [0.2, 0.25) is 0 Å². The van der Waals surface area contributed by atoms with Crippen LogP contribution in [0.1, 0.15) is 24.2 Å². The molecule has 9 nitrogen and oxygen atoms in total. The van der Waals surface area contributed by atoms with Crippen molar-refractivity contribution >= 4 is 45.5 Å². The molecule has 0 radical (unpaired) electrons. The predicted molar refractivity (Wildman–Crippen MR) is 115 cm³/mol. The summed E-state index contributed by atoms with van der Waals surface area (Å²) in [6.07, 6.45) is 0. The molecule has 0 atom stereocenters. The normalized spacial score (nSPS) is 11.0. The number of hydrogen-bond acceptors (Lipinski definition) is 9. The molecule has 3 aromatic rings. The lowest BCUT2D eigenvalue weighted by Gasteiger charge is -2.13. The van der Waals surface area contributed by atoms with Crippen molar-refractivity contribution in [3.63, 3.8) is 0 Å². The first kappa shape index (κ1) is 20.8. The van der Waals surface area contributed by atoms with E-state index in [1.807, 2.05) is 44.2 Å². The van der Waals surface area contributed by atoms with Crippen molar-refractivity contribution in [1.82, 2.24) is 19.7 Å². The standard InChI is InChI=1S/C18H20N6O3S2/c1-10(2)8-24-14(19)13(15(26)21-17(24)27)12(25)9-28-18-23-22-16(29-18)20-11-6-4-3-5-7-11/h3-7,10H,8-9,19H2,1-2H3,(H,20,22)(H,21,26,27). The van der Waals surface area contributed by atoms with Crippen molar-refractivity contribution < 1.29 is 4.79 Å². The van der Waals surface area contributed by atoms with Crippen LogP contribution >= 0.6 is 23.1 Å². The van der Waals surface area contributed by atoms with Gasteiger partial charge in [0.1, 0.15) is 11.4 Å². The second kappa shape index (κ2) is 9.05. The number of rotatable bonds is 8. The monoisotopic (exact) mass is 432 g/mol. The summed E-state index contributed by atoms with van der Waals surface area (Å²) in [6, 6.07) is 9.52. The van der Waals surface area contributed by atoms with E-state index in [1.54, 1.807) is 0 Å². The minimum absolute atomic E-state index is 0.0485. The number of para-hydroxylation sites is 1. The van der Waals surface area contributed by atoms with Crippen LogP contribution in [-0.4, -0.2) is 31.3 Å². The number of H-pyrrole nitrogens is 1. The number of thioether (sulfide) groups is 1. The Morgan fingerprint density at radius 1 is 1.28 bits per heavy atom. The number of nitrogen functional groups attached to an aromatic ring is 1. The molecule has 4 N–H and O–H groups in total. The van der Waals surface area contributed by atoms with Gasteiger partial charge in [0.2, 0.25) is 5.13 Å². The van der Waals surface area contributed by atoms with Gasteiger partial charge in [0, 0.05) is 12.2 Å². The number of aromatic amines is 1. The third kappa shape index (κ3) is 5.12. The van der Waals surface area contributed by atoms with E-state index >= 15 is 0 Å². The van der Waals surface area contributed by atoms with Gasteiger partial charge in [-0.15, -0.1) is 10.2 Å². The first-order chi connectivity index (χ1) is 13.8. The van der Waals surface area contributed by atoms with Crippen LogP contribution in [0.25, 0.3) is 0 Å². The molecule has 0 bridgehead atoms. The number of nitrogens with one attached hydrogen (secondary N) is 2. The fraction of sp³-hybridized carbons (Fsp3) is 0.278. The number of nitrogens with zero attached hydrogens (tertiary/aromatic N) is 3. The number of carbonyl (C=O) groups excluding carboxylic acids is 1. The second-order valence-corrected chi connectivity index (χ2v) is 8.80. The molecule has 0 saturated heterocycles. The number of carbonyl (C=O) groups is 1. The molecule has 1 aromatic carbocycles. The van der Waals surface area contributed by atoms with Crippen LogP contribution in [-0.2, 0) is 6.54 Å². The van der Waals surface area contributed by atoms with Crippen molar-refractivity contribution in [2.45, 2.75) is 24.7 Å². The average molecular weight is 433 g/mol. The van der Waals surface area contributed by atoms with Crippen LogP contribution in [0.3, 0.4) is 0 Å². The molecule has 29 heavy (non-hydrogen) atoms. The Morgan fingerprint density at radius 2 is 2.00 bits per heavy atom. The summed E-state index contributed by atoms with van der Waals surface area (Å²) in [7, 11) is 0. The maximum absolute atomic E-state index is 12.6. The molecule has 0 unspecified atom stereocenters. The van der Waals surface area contributed by atoms with Gasteiger partial charge in [0.05, 0.1) is 5.75 Å². The maximum atomic E-state index is 12.6. The number of anilines is 3. The highest BCUT2D eigenvalue weighted by molar-refractivity contribution is 8.01. The van der Waals surface area contributed by atoms with Gasteiger partial charge in [-0.05, 0) is 18.1 Å². The lowest BCUT2D eigenvalue weighted by Crippen LogP contribution is -2.37. The summed E-state index contributed by atoms with van der Waals surface area (Å²) in [5.41, 5.74) is 5.25. The minimum atomic E-state index is -0.776. The molecule has 2 heterocycles. The minimum Gasteiger partial charge on any atom is -0.384 e. The number of hydrogen-bond donors (Lipinski definition) is 3. The predicted octanol–water partition coefficient (Wildman–Crippen LogP) is 2.34. The molecular weight excluding hydrogens is 412 g/mol. The first-order valence-electron chi connectivity index (χ1n) is 8.79. The molecule has 0 fully saturated rings. The summed E-state index contributed by atoms with van der Waals surface area (Å²) in [4.78, 5) is 38.9. The summed E-state index contributed by atoms with van der Waals surface area (Å²) in [6.45, 7) is 4.12. The van der Waals surface area contributed by atoms with E-state index in [-0.39, 0.29) is 23.1 Å². The Balaban J connectivity index is 1.71. The molecule has 0 aliphatic heterocycles. The van der Waals surface area contributed by atoms with E-state index in [9.17, 15) is 14.4 Å². The zero-order chi connectivity index (χ0) is 21.0. The molecule has 3 rings (SSSR count). The molecule has 11 heteroatoms. The van der Waals surface area contributed by atoms with E-state index in [4.69, 9.17) is 5.73 Å². The molecule has 0 amide bonds. The van der Waals surface area contributed by atoms with Crippen LogP contribution in [0.4, 0.5) is 16.6 Å². The van der Waals surface area contributed by atoms with Crippen LogP contribution in [0, 0.1) is 5.92 Å². The molecule has 152 valence electrons. The van der Waals surface area contributed by atoms with Gasteiger partial charge in [-0.2, -0.15) is 0 Å². The summed E-state index contributed by atoms with van der Waals surface area (Å²) in [5, 5.41) is 11.8. The van der Waals surface area contributed by atoms with Crippen LogP contribution in [0.5, 0.6) is 0 Å². The Kier molecular flexibility index (Phi) is 6.49. The highest BCUT2D eigenvalue weighted by Gasteiger charge is 2.20. The number of ketones is 1. The molecule has 0 saturated carbocycles. The lowest BCUT2D eigenvalue weighted by molar-refractivity contribution is 0.102. The van der Waals surface area contributed by atoms with Gasteiger partial charge < -0.3 is 11.1 Å². The fourth-order valence-electron chi connectivity index (χ4n) is 2.57. The SMILES string of the molecule is CC(C)Cn1c(N)c(C(=O)CSc2nnc(Nc3ccccc3)s2)c(=O)[nH]c1=O. The van der Waals surface area contributed by atoms with E-state index in [2.05, 4.69) is 20.5 Å². The van der Waals surface area contributed by atoms with E-state index in [0.29, 0.717) is 16.0 Å². The lowest BCUT2D eigenvalue weighted by atomic mass is 10.2. The topological polar surface area (TPSA) is 136 Å². The second-order valence-electron chi connectivity index (χ2n) is 6.60. The number of Topliss-reactive ketones (excluding diaryl/α,β-unsaturated/α-hetero) is 1. The van der Waals surface area contributed by atoms with Gasteiger partial charge in [0.25, 0.3) is 5.56 Å². The van der Waals surface area contributed by atoms with Crippen LogP contribution < -0.4 is 22.3 Å². The molecule has 0 aliphatic rings. The average Bonchev–Trinajstić information content (AvgIpc) is 3.11. The summed E-state index contributed by atoms with van der Waals surface area (Å²) >= 11 is 2.45. The maximum Gasteiger partial charge on any atom is 0.329 e. The smallest absolute Gasteiger partial charge is 0.329 e. The Labute approximate surface area is 174 Å². The molecule has 2 aromatic heterocycles. The van der Waals surface area contributed by atoms with Crippen molar-refractivity contribution in [2.75, 3.05) is 16.8 Å². The Bertz CT molecular complexity index is 1120. The summed E-state index contributed by atoms with van der Waals surface area (Å²) in [5.74, 6) is -0.511. The van der Waals surface area contributed by atoms with Gasteiger partial charge in [0.15, 0.2) is 10.1 Å². The quantitative estimate of drug-likeness (QED) is 0.364. The number of benzene rings is 1. The fourth-order valence-corrected chi connectivity index (χ4v) is 4.21. The number of aromatic nitrogens is 4. The zero-order valence-electron chi connectivity index (χ0n) is 15.8. The van der Waals surface area contributed by atoms with Crippen molar-refractivity contribution in [3.8, 4) is 0 Å². The van der Waals surface area contributed by atoms with Gasteiger partial charge in [-0.1, -0.05) is 55.1 Å². The highest BCUT2D eigenvalue weighted by Crippen LogP contribution is 2.28. The zero-order valence-corrected chi connectivity index (χ0v) is 17.5. The third-order valence-electron chi connectivity index (χ3n) is 3.82. The molecular formula is C18H20N6O3S2. The summed E-state index contributed by atoms with van der Waals surface area (Å²) < 4.78 is 1.79. The Morgan fingerprint density at radius 3 is 2.69 bits per heavy atom. The first-order valence-corrected chi connectivity index (χ1v) is 10.6. The van der Waals surface area contributed by atoms with Crippen molar-refractivity contribution in [2.24, 2.45) is 5.92 Å². The van der Waals surface area contributed by atoms with Crippen molar-refractivity contribution in [3.05, 3.63) is 56.7 Å². The van der Waals surface area contributed by atoms with Gasteiger partial charge >= 0.3 is 5.69 Å². The van der Waals surface area contributed by atoms with Gasteiger partial charge in [-0.3, -0.25) is 19.1 Å². The van der Waals surface area contributed by atoms with E-state index in [0.717, 1.165) is 17.4 Å². The highest BCUT2D eigenvalue weighted by atomic mass is 32.2. The molecule has 0 spiro atoms.